The topological polar surface area (TPSA) is 56.5 Å². The highest BCUT2D eigenvalue weighted by Crippen LogP contribution is 2.23. The molecular formula is C13H15Cl2N3O2. The van der Waals surface area contributed by atoms with Crippen molar-refractivity contribution in [1.29, 1.82) is 0 Å². The second-order valence-electron chi connectivity index (χ2n) is 5.27. The molecule has 0 spiro atoms. The van der Waals surface area contributed by atoms with Crippen molar-refractivity contribution >= 4 is 34.8 Å². The molecule has 0 aromatic carbocycles. The average molecular weight is 316 g/mol. The van der Waals surface area contributed by atoms with E-state index in [1.807, 2.05) is 0 Å². The summed E-state index contributed by atoms with van der Waals surface area (Å²) in [6.45, 7) is 5.39. The first-order valence-corrected chi connectivity index (χ1v) is 7.06. The first-order valence-electron chi connectivity index (χ1n) is 6.15. The van der Waals surface area contributed by atoms with Crippen LogP contribution in [-0.2, 0) is 11.2 Å². The third-order valence-electron chi connectivity index (χ3n) is 2.51. The molecule has 0 radical (unpaired) electrons. The Morgan fingerprint density at radius 1 is 1.45 bits per heavy atom. The smallest absolute Gasteiger partial charge is 0.357 e. The van der Waals surface area contributed by atoms with Gasteiger partial charge in [0.05, 0.1) is 6.20 Å². The Labute approximate surface area is 126 Å². The first kappa shape index (κ1) is 15.1. The Bertz CT molecular complexity index is 647. The minimum atomic E-state index is -0.601. The number of fused-ring (bicyclic) bond motifs is 1. The maximum atomic E-state index is 12.3. The molecule has 0 aliphatic carbocycles. The Hall–Kier alpha value is -1.33. The average Bonchev–Trinajstić information content (AvgIpc) is 2.78. The van der Waals surface area contributed by atoms with Gasteiger partial charge in [-0.2, -0.15) is 5.10 Å². The quantitative estimate of drug-likeness (QED) is 0.496. The summed E-state index contributed by atoms with van der Waals surface area (Å²) in [5.74, 6) is -0.188. The van der Waals surface area contributed by atoms with Crippen molar-refractivity contribution in [2.75, 3.05) is 5.88 Å². The minimum absolute atomic E-state index is 0.193. The van der Waals surface area contributed by atoms with Crippen LogP contribution < -0.4 is 0 Å². The second-order valence-corrected chi connectivity index (χ2v) is 6.01. The summed E-state index contributed by atoms with van der Waals surface area (Å²) in [7, 11) is 0. The zero-order valence-electron chi connectivity index (χ0n) is 11.5. The molecule has 0 N–H and O–H groups in total. The van der Waals surface area contributed by atoms with Crippen molar-refractivity contribution in [3.63, 3.8) is 0 Å². The van der Waals surface area contributed by atoms with Gasteiger partial charge in [0.1, 0.15) is 10.8 Å². The van der Waals surface area contributed by atoms with Gasteiger partial charge in [-0.3, -0.25) is 0 Å². The van der Waals surface area contributed by atoms with Gasteiger partial charge < -0.3 is 4.74 Å². The molecule has 0 aliphatic heterocycles. The molecule has 0 atom stereocenters. The molecule has 0 aliphatic rings. The van der Waals surface area contributed by atoms with Gasteiger partial charge in [-0.1, -0.05) is 11.6 Å². The zero-order valence-corrected chi connectivity index (χ0v) is 13.0. The molecule has 0 fully saturated rings. The Balaban J connectivity index is 2.55. The van der Waals surface area contributed by atoms with Gasteiger partial charge in [0.25, 0.3) is 0 Å². The number of carbonyl (C=O) groups is 1. The van der Waals surface area contributed by atoms with Crippen LogP contribution in [0.25, 0.3) is 5.65 Å². The summed E-state index contributed by atoms with van der Waals surface area (Å²) in [4.78, 5) is 16.5. The monoisotopic (exact) mass is 315 g/mol. The van der Waals surface area contributed by atoms with E-state index in [1.54, 1.807) is 33.0 Å². The molecule has 7 heteroatoms. The van der Waals surface area contributed by atoms with Gasteiger partial charge >= 0.3 is 5.97 Å². The molecule has 0 amide bonds. The van der Waals surface area contributed by atoms with E-state index in [2.05, 4.69) is 10.1 Å². The van der Waals surface area contributed by atoms with Crippen LogP contribution in [0.2, 0.25) is 5.15 Å². The van der Waals surface area contributed by atoms with Crippen molar-refractivity contribution < 1.29 is 9.53 Å². The number of aromatic nitrogens is 3. The van der Waals surface area contributed by atoms with E-state index in [1.165, 1.54) is 4.52 Å². The SMILES string of the molecule is CC(C)(C)OC(=O)c1nc2ccnn2c(Cl)c1CCCl. The maximum absolute atomic E-state index is 12.3. The zero-order chi connectivity index (χ0) is 14.9. The van der Waals surface area contributed by atoms with E-state index < -0.39 is 11.6 Å². The largest absolute Gasteiger partial charge is 0.455 e. The first-order chi connectivity index (χ1) is 9.33. The molecular weight excluding hydrogens is 301 g/mol. The molecule has 2 heterocycles. The van der Waals surface area contributed by atoms with Gasteiger partial charge in [0.15, 0.2) is 11.3 Å². The molecule has 2 aromatic rings. The molecule has 2 aromatic heterocycles. The van der Waals surface area contributed by atoms with Crippen LogP contribution in [0.5, 0.6) is 0 Å². The fourth-order valence-corrected chi connectivity index (χ4v) is 2.25. The molecule has 0 saturated carbocycles. The van der Waals surface area contributed by atoms with E-state index in [4.69, 9.17) is 27.9 Å². The van der Waals surface area contributed by atoms with Crippen molar-refractivity contribution in [2.45, 2.75) is 32.8 Å². The van der Waals surface area contributed by atoms with Gasteiger partial charge in [0.2, 0.25) is 0 Å². The number of hydrogen-bond acceptors (Lipinski definition) is 4. The second kappa shape index (κ2) is 5.58. The third kappa shape index (κ3) is 3.04. The van der Waals surface area contributed by atoms with E-state index >= 15 is 0 Å². The molecule has 0 bridgehead atoms. The standard InChI is InChI=1S/C13H15Cl2N3O2/c1-13(2,3)20-12(19)10-8(4-6-14)11(15)18-9(17-10)5-7-16-18/h5,7H,4,6H2,1-3H3. The Morgan fingerprint density at radius 2 is 2.15 bits per heavy atom. The molecule has 0 unspecified atom stereocenters. The summed E-state index contributed by atoms with van der Waals surface area (Å²) in [5.41, 5.74) is 0.635. The normalized spacial score (nSPS) is 11.8. The number of rotatable bonds is 3. The highest BCUT2D eigenvalue weighted by atomic mass is 35.5. The van der Waals surface area contributed by atoms with Crippen LogP contribution >= 0.6 is 23.2 Å². The summed E-state index contributed by atoms with van der Waals surface area (Å²) in [5, 5.41) is 4.40. The van der Waals surface area contributed by atoms with Crippen molar-refractivity contribution in [1.82, 2.24) is 14.6 Å². The number of esters is 1. The van der Waals surface area contributed by atoms with Crippen LogP contribution in [0.4, 0.5) is 0 Å². The molecule has 2 rings (SSSR count). The van der Waals surface area contributed by atoms with Crippen LogP contribution in [0.1, 0.15) is 36.8 Å². The Morgan fingerprint density at radius 3 is 2.75 bits per heavy atom. The van der Waals surface area contributed by atoms with Crippen molar-refractivity contribution in [3.05, 3.63) is 28.7 Å². The van der Waals surface area contributed by atoms with E-state index in [-0.39, 0.29) is 5.69 Å². The number of ether oxygens (including phenoxy) is 1. The minimum Gasteiger partial charge on any atom is -0.455 e. The fraction of sp³-hybridized carbons (Fsp3) is 0.462. The highest BCUT2D eigenvalue weighted by molar-refractivity contribution is 6.31. The number of alkyl halides is 1. The van der Waals surface area contributed by atoms with E-state index in [0.29, 0.717) is 28.7 Å². The van der Waals surface area contributed by atoms with Gasteiger partial charge in [-0.05, 0) is 27.2 Å². The molecule has 20 heavy (non-hydrogen) atoms. The van der Waals surface area contributed by atoms with Gasteiger partial charge in [-0.15, -0.1) is 11.6 Å². The van der Waals surface area contributed by atoms with Gasteiger partial charge in [0, 0.05) is 17.5 Å². The lowest BCUT2D eigenvalue weighted by molar-refractivity contribution is 0.00617. The lowest BCUT2D eigenvalue weighted by Gasteiger charge is -2.20. The predicted molar refractivity (Wildman–Crippen MR) is 77.6 cm³/mol. The molecule has 5 nitrogen and oxygen atoms in total. The van der Waals surface area contributed by atoms with Crippen LogP contribution in [0.15, 0.2) is 12.3 Å². The molecule has 108 valence electrons. The van der Waals surface area contributed by atoms with Crippen LogP contribution in [0.3, 0.4) is 0 Å². The lowest BCUT2D eigenvalue weighted by atomic mass is 10.1. The lowest BCUT2D eigenvalue weighted by Crippen LogP contribution is -2.26. The fourth-order valence-electron chi connectivity index (χ4n) is 1.75. The van der Waals surface area contributed by atoms with Crippen molar-refractivity contribution in [2.24, 2.45) is 0 Å². The number of nitrogens with zero attached hydrogens (tertiary/aromatic N) is 3. The number of halogens is 2. The number of hydrogen-bond donors (Lipinski definition) is 0. The van der Waals surface area contributed by atoms with E-state index in [9.17, 15) is 4.79 Å². The summed E-state index contributed by atoms with van der Waals surface area (Å²) in [6, 6.07) is 1.67. The highest BCUT2D eigenvalue weighted by Gasteiger charge is 2.24. The summed E-state index contributed by atoms with van der Waals surface area (Å²) in [6.07, 6.45) is 1.98. The molecule has 0 saturated heterocycles. The van der Waals surface area contributed by atoms with Crippen LogP contribution in [0, 0.1) is 0 Å². The maximum Gasteiger partial charge on any atom is 0.357 e. The summed E-state index contributed by atoms with van der Waals surface area (Å²) >= 11 is 12.1. The van der Waals surface area contributed by atoms with Gasteiger partial charge in [-0.25, -0.2) is 14.3 Å². The third-order valence-corrected chi connectivity index (χ3v) is 3.08. The van der Waals surface area contributed by atoms with E-state index in [0.717, 1.165) is 0 Å². The Kier molecular flexibility index (Phi) is 4.20. The number of carbonyl (C=O) groups excluding carboxylic acids is 1. The van der Waals surface area contributed by atoms with Crippen molar-refractivity contribution in [3.8, 4) is 0 Å². The summed E-state index contributed by atoms with van der Waals surface area (Å²) < 4.78 is 6.83. The predicted octanol–water partition coefficient (Wildman–Crippen LogP) is 3.12. The van der Waals surface area contributed by atoms with Crippen LogP contribution in [-0.4, -0.2) is 32.0 Å².